The van der Waals surface area contributed by atoms with Gasteiger partial charge in [0, 0.05) is 36.7 Å². The van der Waals surface area contributed by atoms with Gasteiger partial charge in [0.2, 0.25) is 0 Å². The first kappa shape index (κ1) is 14.4. The van der Waals surface area contributed by atoms with Crippen molar-refractivity contribution in [3.63, 3.8) is 0 Å². The van der Waals surface area contributed by atoms with Gasteiger partial charge in [0.05, 0.1) is 6.61 Å². The quantitative estimate of drug-likeness (QED) is 0.899. The molecule has 2 aromatic rings. The molecule has 0 aliphatic heterocycles. The summed E-state index contributed by atoms with van der Waals surface area (Å²) in [5, 5.41) is 3.24. The van der Waals surface area contributed by atoms with Gasteiger partial charge in [0.25, 0.3) is 0 Å². The maximum atomic E-state index is 13.7. The van der Waals surface area contributed by atoms with E-state index >= 15 is 0 Å². The molecular weight excluding hydrogens is 255 g/mol. The number of hydrogen-bond donors (Lipinski definition) is 1. The summed E-state index contributed by atoms with van der Waals surface area (Å²) in [6.07, 6.45) is 0. The zero-order valence-electron chi connectivity index (χ0n) is 12.5. The molecule has 0 aliphatic carbocycles. The molecule has 3 nitrogen and oxygen atoms in total. The van der Waals surface area contributed by atoms with Gasteiger partial charge in [-0.1, -0.05) is 0 Å². The van der Waals surface area contributed by atoms with Crippen LogP contribution in [-0.2, 0) is 13.6 Å². The van der Waals surface area contributed by atoms with Gasteiger partial charge in [-0.05, 0) is 44.5 Å². The minimum absolute atomic E-state index is 0.296. The minimum atomic E-state index is -0.335. The molecule has 0 atom stereocenters. The maximum absolute atomic E-state index is 13.7. The van der Waals surface area contributed by atoms with E-state index in [1.54, 1.807) is 6.07 Å². The smallest absolute Gasteiger partial charge is 0.167 e. The number of anilines is 1. The van der Waals surface area contributed by atoms with Crippen molar-refractivity contribution in [1.82, 2.24) is 4.57 Å². The molecule has 0 fully saturated rings. The SMILES string of the molecule is CCOc1ccc(NCc2cc(C)n(C)c2C)cc1F. The summed E-state index contributed by atoms with van der Waals surface area (Å²) in [6.45, 7) is 7.15. The zero-order chi connectivity index (χ0) is 14.7. The molecule has 1 aromatic heterocycles. The van der Waals surface area contributed by atoms with Gasteiger partial charge >= 0.3 is 0 Å². The van der Waals surface area contributed by atoms with Crippen LogP contribution in [-0.4, -0.2) is 11.2 Å². The molecule has 0 radical (unpaired) electrons. The molecule has 0 unspecified atom stereocenters. The van der Waals surface area contributed by atoms with Gasteiger partial charge in [-0.25, -0.2) is 4.39 Å². The number of aromatic nitrogens is 1. The summed E-state index contributed by atoms with van der Waals surface area (Å²) in [7, 11) is 2.05. The summed E-state index contributed by atoms with van der Waals surface area (Å²) in [6, 6.07) is 7.10. The first-order valence-electron chi connectivity index (χ1n) is 6.81. The minimum Gasteiger partial charge on any atom is -0.491 e. The summed E-state index contributed by atoms with van der Waals surface area (Å²) in [5.41, 5.74) is 4.42. The molecule has 4 heteroatoms. The van der Waals surface area contributed by atoms with Gasteiger partial charge < -0.3 is 14.6 Å². The average Bonchev–Trinajstić information content (AvgIpc) is 2.67. The summed E-state index contributed by atoms with van der Waals surface area (Å²) in [5.74, 6) is -0.0393. The highest BCUT2D eigenvalue weighted by molar-refractivity contribution is 5.48. The number of rotatable bonds is 5. The van der Waals surface area contributed by atoms with E-state index in [2.05, 4.69) is 29.8 Å². The lowest BCUT2D eigenvalue weighted by Gasteiger charge is -2.09. The lowest BCUT2D eigenvalue weighted by Crippen LogP contribution is -2.02. The summed E-state index contributed by atoms with van der Waals surface area (Å²) < 4.78 is 21.1. The third kappa shape index (κ3) is 2.95. The number of hydrogen-bond acceptors (Lipinski definition) is 2. The van der Waals surface area contributed by atoms with E-state index in [1.807, 2.05) is 20.0 Å². The van der Waals surface area contributed by atoms with Crippen molar-refractivity contribution in [2.75, 3.05) is 11.9 Å². The molecule has 108 valence electrons. The Balaban J connectivity index is 2.07. The molecule has 20 heavy (non-hydrogen) atoms. The van der Waals surface area contributed by atoms with Crippen LogP contribution in [0.15, 0.2) is 24.3 Å². The molecular formula is C16H21FN2O. The zero-order valence-corrected chi connectivity index (χ0v) is 12.5. The third-order valence-electron chi connectivity index (χ3n) is 3.59. The molecule has 2 rings (SSSR count). The van der Waals surface area contributed by atoms with Crippen LogP contribution in [0.1, 0.15) is 23.9 Å². The van der Waals surface area contributed by atoms with Crippen LogP contribution in [0.4, 0.5) is 10.1 Å². The van der Waals surface area contributed by atoms with Gasteiger partial charge in [-0.2, -0.15) is 0 Å². The van der Waals surface area contributed by atoms with E-state index in [-0.39, 0.29) is 5.82 Å². The van der Waals surface area contributed by atoms with Crippen LogP contribution in [0.25, 0.3) is 0 Å². The van der Waals surface area contributed by atoms with E-state index in [0.29, 0.717) is 18.9 Å². The van der Waals surface area contributed by atoms with Crippen LogP contribution >= 0.6 is 0 Å². The van der Waals surface area contributed by atoms with E-state index in [1.165, 1.54) is 23.0 Å². The number of benzene rings is 1. The van der Waals surface area contributed by atoms with E-state index in [0.717, 1.165) is 5.69 Å². The fraction of sp³-hybridized carbons (Fsp3) is 0.375. The molecule has 1 heterocycles. The number of nitrogens with one attached hydrogen (secondary N) is 1. The number of halogens is 1. The average molecular weight is 276 g/mol. The Hall–Kier alpha value is -1.97. The van der Waals surface area contributed by atoms with Crippen LogP contribution in [0, 0.1) is 19.7 Å². The predicted octanol–water partition coefficient (Wildman–Crippen LogP) is 3.79. The van der Waals surface area contributed by atoms with Gasteiger partial charge in [0.15, 0.2) is 11.6 Å². The van der Waals surface area contributed by atoms with Crippen LogP contribution < -0.4 is 10.1 Å². The Bertz CT molecular complexity index is 605. The third-order valence-corrected chi connectivity index (χ3v) is 3.59. The molecule has 0 bridgehead atoms. The predicted molar refractivity (Wildman–Crippen MR) is 79.8 cm³/mol. The Morgan fingerprint density at radius 2 is 2.00 bits per heavy atom. The maximum Gasteiger partial charge on any atom is 0.167 e. The second-order valence-corrected chi connectivity index (χ2v) is 4.89. The molecule has 0 spiro atoms. The van der Waals surface area contributed by atoms with E-state index in [4.69, 9.17) is 4.74 Å². The highest BCUT2D eigenvalue weighted by atomic mass is 19.1. The lowest BCUT2D eigenvalue weighted by molar-refractivity contribution is 0.321. The molecule has 0 aliphatic rings. The van der Waals surface area contributed by atoms with Crippen molar-refractivity contribution in [3.8, 4) is 5.75 Å². The Labute approximate surface area is 119 Å². The molecule has 1 N–H and O–H groups in total. The van der Waals surface area contributed by atoms with Gasteiger partial charge in [-0.15, -0.1) is 0 Å². The highest BCUT2D eigenvalue weighted by Gasteiger charge is 2.07. The normalized spacial score (nSPS) is 10.7. The van der Waals surface area contributed by atoms with Crippen molar-refractivity contribution in [3.05, 3.63) is 47.0 Å². The van der Waals surface area contributed by atoms with Crippen LogP contribution in [0.2, 0.25) is 0 Å². The monoisotopic (exact) mass is 276 g/mol. The topological polar surface area (TPSA) is 26.2 Å². The van der Waals surface area contributed by atoms with Crippen LogP contribution in [0.5, 0.6) is 5.75 Å². The molecule has 1 aromatic carbocycles. The van der Waals surface area contributed by atoms with Crippen molar-refractivity contribution < 1.29 is 9.13 Å². The van der Waals surface area contributed by atoms with E-state index < -0.39 is 0 Å². The Kier molecular flexibility index (Phi) is 4.32. The first-order valence-corrected chi connectivity index (χ1v) is 6.81. The second-order valence-electron chi connectivity index (χ2n) is 4.89. The molecule has 0 saturated carbocycles. The van der Waals surface area contributed by atoms with Crippen LogP contribution in [0.3, 0.4) is 0 Å². The van der Waals surface area contributed by atoms with Gasteiger partial charge in [0.1, 0.15) is 0 Å². The fourth-order valence-corrected chi connectivity index (χ4v) is 2.19. The van der Waals surface area contributed by atoms with E-state index in [9.17, 15) is 4.39 Å². The molecule has 0 amide bonds. The number of nitrogens with zero attached hydrogens (tertiary/aromatic N) is 1. The van der Waals surface area contributed by atoms with Gasteiger partial charge in [-0.3, -0.25) is 0 Å². The number of ether oxygens (including phenoxy) is 1. The van der Waals surface area contributed by atoms with Crippen molar-refractivity contribution in [2.45, 2.75) is 27.3 Å². The van der Waals surface area contributed by atoms with Crippen molar-refractivity contribution in [2.24, 2.45) is 7.05 Å². The number of aryl methyl sites for hydroxylation is 1. The Morgan fingerprint density at radius 3 is 2.55 bits per heavy atom. The fourth-order valence-electron chi connectivity index (χ4n) is 2.19. The van der Waals surface area contributed by atoms with Crippen molar-refractivity contribution in [1.29, 1.82) is 0 Å². The lowest BCUT2D eigenvalue weighted by atomic mass is 10.2. The highest BCUT2D eigenvalue weighted by Crippen LogP contribution is 2.22. The Morgan fingerprint density at radius 1 is 1.25 bits per heavy atom. The first-order chi connectivity index (χ1) is 9.52. The second kappa shape index (κ2) is 5.99. The van der Waals surface area contributed by atoms with Crippen molar-refractivity contribution >= 4 is 5.69 Å². The summed E-state index contributed by atoms with van der Waals surface area (Å²) in [4.78, 5) is 0. The standard InChI is InChI=1S/C16H21FN2O/c1-5-20-16-7-6-14(9-15(16)17)18-10-13-8-11(2)19(4)12(13)3/h6-9,18H,5,10H2,1-4H3. The molecule has 0 saturated heterocycles. The largest absolute Gasteiger partial charge is 0.491 e. The summed E-state index contributed by atoms with van der Waals surface area (Å²) >= 11 is 0.